The van der Waals surface area contributed by atoms with Crippen molar-refractivity contribution < 1.29 is 4.52 Å². The minimum Gasteiger partial charge on any atom is -0.295 e. The molecule has 0 fully saturated rings. The highest BCUT2D eigenvalue weighted by molar-refractivity contribution is 7.13. The zero-order chi connectivity index (χ0) is 13.4. The first kappa shape index (κ1) is 12.3. The van der Waals surface area contributed by atoms with Gasteiger partial charge in [0.1, 0.15) is 5.01 Å². The van der Waals surface area contributed by atoms with Crippen LogP contribution in [0, 0.1) is 13.8 Å². The summed E-state index contributed by atoms with van der Waals surface area (Å²) >= 11 is 3.11. The summed E-state index contributed by atoms with van der Waals surface area (Å²) in [5, 5.41) is 6.67. The van der Waals surface area contributed by atoms with Gasteiger partial charge in [-0.25, -0.2) is 14.3 Å². The van der Waals surface area contributed by atoms with E-state index < -0.39 is 5.76 Å². The molecule has 98 valence electrons. The predicted octanol–water partition coefficient (Wildman–Crippen LogP) is 2.69. The maximum atomic E-state index is 11.7. The topological polar surface area (TPSA) is 60.9 Å². The predicted molar refractivity (Wildman–Crippen MR) is 74.8 cm³/mol. The number of thiazole rings is 1. The van der Waals surface area contributed by atoms with E-state index in [0.29, 0.717) is 12.4 Å². The van der Waals surface area contributed by atoms with Gasteiger partial charge in [-0.15, -0.1) is 22.7 Å². The fraction of sp³-hybridized carbons (Fsp3) is 0.250. The highest BCUT2D eigenvalue weighted by Gasteiger charge is 2.15. The van der Waals surface area contributed by atoms with Gasteiger partial charge in [0.25, 0.3) is 0 Å². The van der Waals surface area contributed by atoms with Gasteiger partial charge in [-0.1, -0.05) is 11.2 Å². The molecule has 7 heteroatoms. The Morgan fingerprint density at radius 2 is 2.26 bits per heavy atom. The van der Waals surface area contributed by atoms with Crippen LogP contribution in [0.15, 0.2) is 26.8 Å². The maximum absolute atomic E-state index is 11.7. The van der Waals surface area contributed by atoms with E-state index >= 15 is 0 Å². The second kappa shape index (κ2) is 4.75. The van der Waals surface area contributed by atoms with E-state index in [2.05, 4.69) is 10.1 Å². The SMILES string of the molecule is Cc1nc(Cn2c(-c3cccs3)noc2=O)sc1C. The lowest BCUT2D eigenvalue weighted by molar-refractivity contribution is 0.378. The first-order valence-corrected chi connectivity index (χ1v) is 7.38. The Kier molecular flexibility index (Phi) is 3.08. The monoisotopic (exact) mass is 293 g/mol. The van der Waals surface area contributed by atoms with E-state index in [1.807, 2.05) is 31.4 Å². The van der Waals surface area contributed by atoms with Gasteiger partial charge in [0, 0.05) is 4.88 Å². The summed E-state index contributed by atoms with van der Waals surface area (Å²) in [5.74, 6) is 0.111. The molecule has 3 aromatic rings. The molecule has 0 aliphatic rings. The molecule has 0 N–H and O–H groups in total. The molecule has 5 nitrogen and oxygen atoms in total. The Morgan fingerprint density at radius 1 is 1.42 bits per heavy atom. The van der Waals surface area contributed by atoms with Crippen LogP contribution < -0.4 is 5.76 Å². The van der Waals surface area contributed by atoms with Gasteiger partial charge >= 0.3 is 5.76 Å². The number of hydrogen-bond acceptors (Lipinski definition) is 6. The van der Waals surface area contributed by atoms with Crippen LogP contribution in [0.2, 0.25) is 0 Å². The third-order valence-electron chi connectivity index (χ3n) is 2.79. The number of aromatic nitrogens is 3. The van der Waals surface area contributed by atoms with Gasteiger partial charge in [0.05, 0.1) is 17.1 Å². The fourth-order valence-electron chi connectivity index (χ4n) is 1.73. The number of hydrogen-bond donors (Lipinski definition) is 0. The number of aryl methyl sites for hydroxylation is 2. The van der Waals surface area contributed by atoms with Gasteiger partial charge in [0.15, 0.2) is 5.82 Å². The number of nitrogens with zero attached hydrogens (tertiary/aromatic N) is 3. The van der Waals surface area contributed by atoms with E-state index in [-0.39, 0.29) is 0 Å². The highest BCUT2D eigenvalue weighted by Crippen LogP contribution is 2.23. The van der Waals surface area contributed by atoms with E-state index in [1.54, 1.807) is 11.3 Å². The van der Waals surface area contributed by atoms with E-state index in [9.17, 15) is 4.79 Å². The first-order chi connectivity index (χ1) is 9.15. The van der Waals surface area contributed by atoms with Gasteiger partial charge in [-0.2, -0.15) is 0 Å². The van der Waals surface area contributed by atoms with Crippen LogP contribution in [-0.2, 0) is 6.54 Å². The maximum Gasteiger partial charge on any atom is 0.442 e. The molecule has 0 radical (unpaired) electrons. The highest BCUT2D eigenvalue weighted by atomic mass is 32.1. The van der Waals surface area contributed by atoms with E-state index in [1.165, 1.54) is 15.9 Å². The van der Waals surface area contributed by atoms with Crippen LogP contribution in [0.3, 0.4) is 0 Å². The molecule has 0 spiro atoms. The average Bonchev–Trinajstić information content (AvgIpc) is 3.05. The lowest BCUT2D eigenvalue weighted by Crippen LogP contribution is -2.16. The summed E-state index contributed by atoms with van der Waals surface area (Å²) < 4.78 is 6.29. The molecule has 3 rings (SSSR count). The van der Waals surface area contributed by atoms with Crippen LogP contribution >= 0.6 is 22.7 Å². The summed E-state index contributed by atoms with van der Waals surface area (Å²) in [7, 11) is 0. The Hall–Kier alpha value is -1.73. The second-order valence-corrected chi connectivity index (χ2v) is 6.32. The van der Waals surface area contributed by atoms with Crippen molar-refractivity contribution in [2.24, 2.45) is 0 Å². The molecule has 3 aromatic heterocycles. The second-order valence-electron chi connectivity index (χ2n) is 4.08. The van der Waals surface area contributed by atoms with Crippen molar-refractivity contribution in [3.8, 4) is 10.7 Å². The van der Waals surface area contributed by atoms with E-state index in [0.717, 1.165) is 20.5 Å². The fourth-order valence-corrected chi connectivity index (χ4v) is 3.37. The molecular weight excluding hydrogens is 282 g/mol. The summed E-state index contributed by atoms with van der Waals surface area (Å²) in [6, 6.07) is 3.83. The largest absolute Gasteiger partial charge is 0.442 e. The molecular formula is C12H11N3O2S2. The van der Waals surface area contributed by atoms with Crippen molar-refractivity contribution in [3.05, 3.63) is 43.6 Å². The Balaban J connectivity index is 2.01. The van der Waals surface area contributed by atoms with Crippen molar-refractivity contribution in [1.29, 1.82) is 0 Å². The molecule has 0 saturated carbocycles. The van der Waals surface area contributed by atoms with Crippen molar-refractivity contribution in [1.82, 2.24) is 14.7 Å². The van der Waals surface area contributed by atoms with Gasteiger partial charge in [-0.3, -0.25) is 4.52 Å². The smallest absolute Gasteiger partial charge is 0.295 e. The van der Waals surface area contributed by atoms with Crippen molar-refractivity contribution in [3.63, 3.8) is 0 Å². The van der Waals surface area contributed by atoms with Gasteiger partial charge < -0.3 is 0 Å². The molecule has 0 aromatic carbocycles. The molecule has 19 heavy (non-hydrogen) atoms. The van der Waals surface area contributed by atoms with E-state index in [4.69, 9.17) is 4.52 Å². The van der Waals surface area contributed by atoms with Crippen LogP contribution in [0.1, 0.15) is 15.6 Å². The minimum atomic E-state index is -0.450. The molecule has 0 aliphatic carbocycles. The molecule has 0 amide bonds. The summed E-state index contributed by atoms with van der Waals surface area (Å²) in [6.45, 7) is 4.38. The molecule has 0 atom stereocenters. The summed E-state index contributed by atoms with van der Waals surface area (Å²) in [5.41, 5.74) is 1.00. The van der Waals surface area contributed by atoms with Crippen LogP contribution in [0.25, 0.3) is 10.7 Å². The van der Waals surface area contributed by atoms with Crippen molar-refractivity contribution in [2.45, 2.75) is 20.4 Å². The lowest BCUT2D eigenvalue weighted by Gasteiger charge is -1.99. The molecule has 0 aliphatic heterocycles. The van der Waals surface area contributed by atoms with Crippen LogP contribution in [0.5, 0.6) is 0 Å². The average molecular weight is 293 g/mol. The van der Waals surface area contributed by atoms with Crippen molar-refractivity contribution >= 4 is 22.7 Å². The normalized spacial score (nSPS) is 11.1. The van der Waals surface area contributed by atoms with Crippen LogP contribution in [-0.4, -0.2) is 14.7 Å². The Bertz CT molecular complexity index is 733. The number of rotatable bonds is 3. The molecule has 0 saturated heterocycles. The molecule has 0 unspecified atom stereocenters. The minimum absolute atomic E-state index is 0.398. The zero-order valence-electron chi connectivity index (χ0n) is 10.4. The van der Waals surface area contributed by atoms with Gasteiger partial charge in [-0.05, 0) is 25.3 Å². The summed E-state index contributed by atoms with van der Waals surface area (Å²) in [6.07, 6.45) is 0. The number of thiophene rings is 1. The molecule has 3 heterocycles. The van der Waals surface area contributed by atoms with Gasteiger partial charge in [0.2, 0.25) is 0 Å². The molecule has 0 bridgehead atoms. The Morgan fingerprint density at radius 3 is 2.89 bits per heavy atom. The summed E-state index contributed by atoms with van der Waals surface area (Å²) in [4.78, 5) is 18.3. The third-order valence-corrected chi connectivity index (χ3v) is 4.72. The lowest BCUT2D eigenvalue weighted by atomic mass is 10.4. The first-order valence-electron chi connectivity index (χ1n) is 5.68. The third kappa shape index (κ3) is 2.26. The quantitative estimate of drug-likeness (QED) is 0.745. The zero-order valence-corrected chi connectivity index (χ0v) is 12.0. The standard InChI is InChI=1S/C12H11N3O2S2/c1-7-8(2)19-10(13-7)6-15-11(14-17-12(15)16)9-4-3-5-18-9/h3-5H,6H2,1-2H3. The van der Waals surface area contributed by atoms with Crippen LogP contribution in [0.4, 0.5) is 0 Å². The Labute approximate surface area is 117 Å². The van der Waals surface area contributed by atoms with Crippen molar-refractivity contribution in [2.75, 3.05) is 0 Å².